The number of amides is 1. The Hall–Kier alpha value is -1.56. The minimum Gasteiger partial charge on any atom is -0.476 e. The van der Waals surface area contributed by atoms with Crippen LogP contribution in [0.2, 0.25) is 0 Å². The molecule has 0 saturated carbocycles. The molecule has 90 valence electrons. The number of thioether (sulfide) groups is 1. The van der Waals surface area contributed by atoms with Gasteiger partial charge in [-0.25, -0.2) is 9.78 Å². The number of carbonyl (C=O) groups is 2. The Morgan fingerprint density at radius 2 is 2.35 bits per heavy atom. The van der Waals surface area contributed by atoms with Crippen LogP contribution in [0.15, 0.2) is 18.3 Å². The molecule has 1 aromatic rings. The Bertz CT molecular complexity index is 444. The summed E-state index contributed by atoms with van der Waals surface area (Å²) in [6, 6.07) is 3.15. The molecule has 1 atom stereocenters. The fraction of sp³-hybridized carbons (Fsp3) is 0.364. The van der Waals surface area contributed by atoms with E-state index in [9.17, 15) is 9.59 Å². The van der Waals surface area contributed by atoms with E-state index in [1.54, 1.807) is 23.9 Å². The number of aromatic carboxylic acids is 1. The van der Waals surface area contributed by atoms with Crippen LogP contribution in [-0.2, 0) is 4.79 Å². The molecule has 1 saturated heterocycles. The Morgan fingerprint density at radius 1 is 1.53 bits per heavy atom. The Labute approximate surface area is 103 Å². The topological polar surface area (TPSA) is 79.3 Å². The van der Waals surface area contributed by atoms with Gasteiger partial charge in [-0.2, -0.15) is 11.8 Å². The summed E-state index contributed by atoms with van der Waals surface area (Å²) < 4.78 is 0. The van der Waals surface area contributed by atoms with Crippen LogP contribution in [-0.4, -0.2) is 33.5 Å². The summed E-state index contributed by atoms with van der Waals surface area (Å²) in [5.41, 5.74) is 0.147. The van der Waals surface area contributed by atoms with E-state index in [-0.39, 0.29) is 23.2 Å². The summed E-state index contributed by atoms with van der Waals surface area (Å²) in [7, 11) is 0. The molecule has 2 rings (SSSR count). The second kappa shape index (κ2) is 5.18. The largest absolute Gasteiger partial charge is 0.476 e. The van der Waals surface area contributed by atoms with Crippen LogP contribution in [0.1, 0.15) is 16.9 Å². The zero-order valence-electron chi connectivity index (χ0n) is 9.05. The molecule has 0 aliphatic carbocycles. The first-order valence-electron chi connectivity index (χ1n) is 5.25. The lowest BCUT2D eigenvalue weighted by Crippen LogP contribution is -2.23. The minimum absolute atomic E-state index is 0.0261. The quantitative estimate of drug-likeness (QED) is 0.851. The van der Waals surface area contributed by atoms with Crippen molar-refractivity contribution in [3.05, 3.63) is 24.0 Å². The molecule has 6 heteroatoms. The van der Waals surface area contributed by atoms with Gasteiger partial charge in [0.2, 0.25) is 5.91 Å². The lowest BCUT2D eigenvalue weighted by atomic mass is 10.1. The molecule has 1 unspecified atom stereocenters. The van der Waals surface area contributed by atoms with Gasteiger partial charge in [0.05, 0.1) is 5.69 Å². The molecule has 2 heterocycles. The zero-order chi connectivity index (χ0) is 12.3. The summed E-state index contributed by atoms with van der Waals surface area (Å²) in [4.78, 5) is 26.5. The normalized spacial score (nSPS) is 18.9. The molecule has 0 aromatic carbocycles. The van der Waals surface area contributed by atoms with Gasteiger partial charge in [0.15, 0.2) is 5.69 Å². The van der Waals surface area contributed by atoms with E-state index in [0.29, 0.717) is 0 Å². The van der Waals surface area contributed by atoms with Gasteiger partial charge in [-0.3, -0.25) is 4.79 Å². The highest BCUT2D eigenvalue weighted by atomic mass is 32.2. The number of pyridine rings is 1. The predicted molar refractivity (Wildman–Crippen MR) is 65.3 cm³/mol. The molecule has 0 bridgehead atoms. The molecule has 2 N–H and O–H groups in total. The van der Waals surface area contributed by atoms with Gasteiger partial charge in [-0.15, -0.1) is 0 Å². The third kappa shape index (κ3) is 2.76. The van der Waals surface area contributed by atoms with Crippen molar-refractivity contribution in [1.82, 2.24) is 4.98 Å². The summed E-state index contributed by atoms with van der Waals surface area (Å²) in [5.74, 6) is 0.500. The molecule has 1 amide bonds. The fourth-order valence-electron chi connectivity index (χ4n) is 1.65. The number of hydrogen-bond acceptors (Lipinski definition) is 4. The average Bonchev–Trinajstić information content (AvgIpc) is 2.83. The van der Waals surface area contributed by atoms with E-state index in [4.69, 9.17) is 5.11 Å². The first-order valence-corrected chi connectivity index (χ1v) is 6.41. The summed E-state index contributed by atoms with van der Waals surface area (Å²) in [5, 5.41) is 11.6. The summed E-state index contributed by atoms with van der Waals surface area (Å²) in [6.07, 6.45) is 2.24. The lowest BCUT2D eigenvalue weighted by molar-refractivity contribution is -0.119. The molecule has 1 fully saturated rings. The summed E-state index contributed by atoms with van der Waals surface area (Å²) in [6.45, 7) is 0. The minimum atomic E-state index is -1.14. The van der Waals surface area contributed by atoms with Crippen molar-refractivity contribution in [2.45, 2.75) is 6.42 Å². The van der Waals surface area contributed by atoms with E-state index < -0.39 is 5.97 Å². The molecular formula is C11H12N2O3S. The second-order valence-electron chi connectivity index (χ2n) is 3.75. The van der Waals surface area contributed by atoms with Crippen LogP contribution in [0.3, 0.4) is 0 Å². The van der Waals surface area contributed by atoms with Crippen LogP contribution in [0.25, 0.3) is 0 Å². The molecule has 1 aromatic heterocycles. The van der Waals surface area contributed by atoms with Gasteiger partial charge in [0, 0.05) is 17.9 Å². The first kappa shape index (κ1) is 11.9. The summed E-state index contributed by atoms with van der Waals surface area (Å²) >= 11 is 1.74. The average molecular weight is 252 g/mol. The van der Waals surface area contributed by atoms with Crippen molar-refractivity contribution in [3.63, 3.8) is 0 Å². The smallest absolute Gasteiger partial charge is 0.356 e. The van der Waals surface area contributed by atoms with Crippen LogP contribution in [0.5, 0.6) is 0 Å². The maximum absolute atomic E-state index is 11.8. The van der Waals surface area contributed by atoms with Crippen LogP contribution in [0.4, 0.5) is 5.69 Å². The Morgan fingerprint density at radius 3 is 3.00 bits per heavy atom. The zero-order valence-corrected chi connectivity index (χ0v) is 9.87. The highest BCUT2D eigenvalue weighted by molar-refractivity contribution is 7.99. The maximum atomic E-state index is 11.8. The maximum Gasteiger partial charge on any atom is 0.356 e. The second-order valence-corrected chi connectivity index (χ2v) is 4.90. The van der Waals surface area contributed by atoms with E-state index in [1.165, 1.54) is 6.20 Å². The molecule has 0 radical (unpaired) electrons. The van der Waals surface area contributed by atoms with Crippen LogP contribution >= 0.6 is 11.8 Å². The van der Waals surface area contributed by atoms with E-state index >= 15 is 0 Å². The highest BCUT2D eigenvalue weighted by Crippen LogP contribution is 2.25. The molecule has 0 spiro atoms. The van der Waals surface area contributed by atoms with Gasteiger partial charge >= 0.3 is 5.97 Å². The highest BCUT2D eigenvalue weighted by Gasteiger charge is 2.24. The van der Waals surface area contributed by atoms with Crippen LogP contribution in [0, 0.1) is 5.92 Å². The van der Waals surface area contributed by atoms with Gasteiger partial charge in [-0.1, -0.05) is 0 Å². The monoisotopic (exact) mass is 252 g/mol. The van der Waals surface area contributed by atoms with E-state index in [0.717, 1.165) is 17.9 Å². The van der Waals surface area contributed by atoms with Gasteiger partial charge in [0.25, 0.3) is 0 Å². The Kier molecular flexibility index (Phi) is 3.63. The predicted octanol–water partition coefficient (Wildman–Crippen LogP) is 1.47. The SMILES string of the molecule is O=C(O)c1ncccc1NC(=O)C1CCSC1. The number of carboxylic acids is 1. The third-order valence-electron chi connectivity index (χ3n) is 2.57. The Balaban J connectivity index is 2.12. The molecule has 1 aliphatic rings. The van der Waals surface area contributed by atoms with Gasteiger partial charge < -0.3 is 10.4 Å². The number of nitrogens with zero attached hydrogens (tertiary/aromatic N) is 1. The molecule has 5 nitrogen and oxygen atoms in total. The number of hydrogen-bond donors (Lipinski definition) is 2. The molecule has 17 heavy (non-hydrogen) atoms. The van der Waals surface area contributed by atoms with Crippen molar-refractivity contribution in [2.24, 2.45) is 5.92 Å². The van der Waals surface area contributed by atoms with Crippen molar-refractivity contribution in [1.29, 1.82) is 0 Å². The molecular weight excluding hydrogens is 240 g/mol. The van der Waals surface area contributed by atoms with Gasteiger partial charge in [-0.05, 0) is 24.3 Å². The number of nitrogens with one attached hydrogen (secondary N) is 1. The van der Waals surface area contributed by atoms with Crippen molar-refractivity contribution >= 4 is 29.3 Å². The van der Waals surface area contributed by atoms with E-state index in [2.05, 4.69) is 10.3 Å². The number of anilines is 1. The van der Waals surface area contributed by atoms with Crippen molar-refractivity contribution in [2.75, 3.05) is 16.8 Å². The number of carboxylic acid groups (broad SMARTS) is 1. The lowest BCUT2D eigenvalue weighted by Gasteiger charge is -2.10. The van der Waals surface area contributed by atoms with Crippen molar-refractivity contribution in [3.8, 4) is 0 Å². The standard InChI is InChI=1S/C11H12N2O3S/c14-10(7-3-5-17-6-7)13-8-2-1-4-12-9(8)11(15)16/h1-2,4,7H,3,5-6H2,(H,13,14)(H,15,16). The molecule has 1 aliphatic heterocycles. The van der Waals surface area contributed by atoms with Crippen molar-refractivity contribution < 1.29 is 14.7 Å². The number of rotatable bonds is 3. The number of aromatic nitrogens is 1. The van der Waals surface area contributed by atoms with Crippen LogP contribution < -0.4 is 5.32 Å². The number of carbonyl (C=O) groups excluding carboxylic acids is 1. The third-order valence-corrected chi connectivity index (χ3v) is 3.73. The first-order chi connectivity index (χ1) is 8.18. The van der Waals surface area contributed by atoms with Gasteiger partial charge in [0.1, 0.15) is 0 Å². The fourth-order valence-corrected chi connectivity index (χ4v) is 2.87. The van der Waals surface area contributed by atoms with E-state index in [1.807, 2.05) is 0 Å².